The molecule has 5 nitrogen and oxygen atoms in total. The average Bonchev–Trinajstić information content (AvgIpc) is 2.91. The maximum Gasteiger partial charge on any atom is 0.238 e. The molecule has 1 aromatic rings. The van der Waals surface area contributed by atoms with Crippen LogP contribution in [-0.2, 0) is 4.79 Å². The molecular weight excluding hydrogens is 266 g/mol. The van der Waals surface area contributed by atoms with E-state index in [-0.39, 0.29) is 11.7 Å². The van der Waals surface area contributed by atoms with E-state index in [9.17, 15) is 4.79 Å². The van der Waals surface area contributed by atoms with Crippen LogP contribution in [0.5, 0.6) is 0 Å². The van der Waals surface area contributed by atoms with Gasteiger partial charge in [0.1, 0.15) is 5.41 Å². The molecule has 0 aliphatic heterocycles. The van der Waals surface area contributed by atoms with Crippen molar-refractivity contribution in [3.63, 3.8) is 0 Å². The van der Waals surface area contributed by atoms with Crippen LogP contribution in [0.2, 0.25) is 5.02 Å². The number of carbonyl (C=O) groups is 1. The Labute approximate surface area is 116 Å². The summed E-state index contributed by atoms with van der Waals surface area (Å²) in [6.45, 7) is 0. The Balaban J connectivity index is 2.25. The van der Waals surface area contributed by atoms with E-state index >= 15 is 0 Å². The molecular formula is C13H16ClN3O2. The van der Waals surface area contributed by atoms with E-state index in [2.05, 4.69) is 10.5 Å². The van der Waals surface area contributed by atoms with Crippen LogP contribution in [0.4, 0.5) is 5.69 Å². The van der Waals surface area contributed by atoms with Gasteiger partial charge in [0.15, 0.2) is 5.84 Å². The van der Waals surface area contributed by atoms with Crippen LogP contribution < -0.4 is 11.1 Å². The topological polar surface area (TPSA) is 87.7 Å². The van der Waals surface area contributed by atoms with E-state index in [1.807, 2.05) is 0 Å². The first-order valence-corrected chi connectivity index (χ1v) is 6.52. The fraction of sp³-hybridized carbons (Fsp3) is 0.385. The zero-order valence-electron chi connectivity index (χ0n) is 10.4. The van der Waals surface area contributed by atoms with Crippen LogP contribution in [0.3, 0.4) is 0 Å². The van der Waals surface area contributed by atoms with E-state index in [1.54, 1.807) is 24.3 Å². The molecule has 1 amide bonds. The van der Waals surface area contributed by atoms with Crippen LogP contribution in [0.25, 0.3) is 0 Å². The molecule has 0 atom stereocenters. The molecule has 1 saturated carbocycles. The maximum atomic E-state index is 12.4. The number of amidine groups is 1. The van der Waals surface area contributed by atoms with Crippen molar-refractivity contribution in [3.8, 4) is 0 Å². The van der Waals surface area contributed by atoms with Crippen molar-refractivity contribution in [2.45, 2.75) is 25.7 Å². The second-order valence-corrected chi connectivity index (χ2v) is 5.12. The zero-order chi connectivity index (χ0) is 13.9. The Kier molecular flexibility index (Phi) is 3.95. The smallest absolute Gasteiger partial charge is 0.238 e. The van der Waals surface area contributed by atoms with E-state index in [4.69, 9.17) is 22.5 Å². The van der Waals surface area contributed by atoms with Crippen LogP contribution in [0.1, 0.15) is 25.7 Å². The molecule has 0 bridgehead atoms. The largest absolute Gasteiger partial charge is 0.409 e. The number of amides is 1. The van der Waals surface area contributed by atoms with Crippen LogP contribution in [0.15, 0.2) is 29.4 Å². The number of hydrogen-bond donors (Lipinski definition) is 3. The highest BCUT2D eigenvalue weighted by molar-refractivity contribution is 6.33. The van der Waals surface area contributed by atoms with E-state index < -0.39 is 5.41 Å². The van der Waals surface area contributed by atoms with Gasteiger partial charge in [-0.05, 0) is 25.0 Å². The standard InChI is InChI=1S/C13H16ClN3O2/c14-9-5-1-2-6-10(9)16-12(18)13(11(15)17-19)7-3-4-8-13/h1-2,5-6,19H,3-4,7-8H2,(H2,15,17)(H,16,18). The van der Waals surface area contributed by atoms with Crippen LogP contribution >= 0.6 is 11.6 Å². The van der Waals surface area contributed by atoms with Gasteiger partial charge in [-0.2, -0.15) is 0 Å². The number of nitrogens with two attached hydrogens (primary N) is 1. The predicted molar refractivity (Wildman–Crippen MR) is 74.4 cm³/mol. The molecule has 0 spiro atoms. The normalized spacial score (nSPS) is 18.3. The summed E-state index contributed by atoms with van der Waals surface area (Å²) in [7, 11) is 0. The third kappa shape index (κ3) is 2.51. The third-order valence-electron chi connectivity index (χ3n) is 3.61. The van der Waals surface area contributed by atoms with Crippen molar-refractivity contribution in [2.24, 2.45) is 16.3 Å². The Morgan fingerprint density at radius 2 is 2.00 bits per heavy atom. The maximum absolute atomic E-state index is 12.4. The van der Waals surface area contributed by atoms with Crippen molar-refractivity contribution >= 4 is 29.0 Å². The van der Waals surface area contributed by atoms with Gasteiger partial charge in [0, 0.05) is 0 Å². The molecule has 19 heavy (non-hydrogen) atoms. The number of para-hydroxylation sites is 1. The molecule has 1 aliphatic carbocycles. The summed E-state index contributed by atoms with van der Waals surface area (Å²) in [5, 5.41) is 15.1. The molecule has 1 aliphatic rings. The summed E-state index contributed by atoms with van der Waals surface area (Å²) in [4.78, 5) is 12.4. The first-order chi connectivity index (χ1) is 9.10. The highest BCUT2D eigenvalue weighted by atomic mass is 35.5. The minimum atomic E-state index is -0.923. The Morgan fingerprint density at radius 3 is 2.58 bits per heavy atom. The number of benzene rings is 1. The van der Waals surface area contributed by atoms with Gasteiger partial charge in [-0.1, -0.05) is 41.7 Å². The van der Waals surface area contributed by atoms with Gasteiger partial charge in [0.25, 0.3) is 0 Å². The number of carbonyl (C=O) groups excluding carboxylic acids is 1. The highest BCUT2D eigenvalue weighted by Crippen LogP contribution is 2.39. The Bertz CT molecular complexity index is 510. The first-order valence-electron chi connectivity index (χ1n) is 6.14. The lowest BCUT2D eigenvalue weighted by Crippen LogP contribution is -2.45. The molecule has 0 unspecified atom stereocenters. The first kappa shape index (κ1) is 13.7. The lowest BCUT2D eigenvalue weighted by molar-refractivity contribution is -0.122. The molecule has 102 valence electrons. The number of rotatable bonds is 3. The van der Waals surface area contributed by atoms with E-state index in [0.29, 0.717) is 23.6 Å². The summed E-state index contributed by atoms with van der Waals surface area (Å²) < 4.78 is 0. The summed E-state index contributed by atoms with van der Waals surface area (Å²) in [5.41, 5.74) is 5.32. The monoisotopic (exact) mass is 281 g/mol. The molecule has 6 heteroatoms. The van der Waals surface area contributed by atoms with Gasteiger partial charge >= 0.3 is 0 Å². The minimum Gasteiger partial charge on any atom is -0.409 e. The summed E-state index contributed by atoms with van der Waals surface area (Å²) >= 11 is 6.01. The summed E-state index contributed by atoms with van der Waals surface area (Å²) in [6, 6.07) is 6.98. The molecule has 2 rings (SSSR count). The number of anilines is 1. The van der Waals surface area contributed by atoms with Crippen molar-refractivity contribution < 1.29 is 10.0 Å². The fourth-order valence-electron chi connectivity index (χ4n) is 2.48. The van der Waals surface area contributed by atoms with Crippen LogP contribution in [0, 0.1) is 5.41 Å². The average molecular weight is 282 g/mol. The van der Waals surface area contributed by atoms with Gasteiger partial charge in [-0.3, -0.25) is 4.79 Å². The van der Waals surface area contributed by atoms with Crippen molar-refractivity contribution in [3.05, 3.63) is 29.3 Å². The Hall–Kier alpha value is -1.75. The molecule has 1 aromatic carbocycles. The molecule has 0 aromatic heterocycles. The number of oxime groups is 1. The number of nitrogens with zero attached hydrogens (tertiary/aromatic N) is 1. The van der Waals surface area contributed by atoms with Gasteiger partial charge < -0.3 is 16.3 Å². The summed E-state index contributed by atoms with van der Waals surface area (Å²) in [5.74, 6) is -0.303. The fourth-order valence-corrected chi connectivity index (χ4v) is 2.66. The quantitative estimate of drug-likeness (QED) is 0.344. The van der Waals surface area contributed by atoms with Gasteiger partial charge in [0.05, 0.1) is 10.7 Å². The van der Waals surface area contributed by atoms with E-state index in [0.717, 1.165) is 12.8 Å². The van der Waals surface area contributed by atoms with Crippen molar-refractivity contribution in [1.82, 2.24) is 0 Å². The third-order valence-corrected chi connectivity index (χ3v) is 3.94. The van der Waals surface area contributed by atoms with Crippen molar-refractivity contribution in [1.29, 1.82) is 0 Å². The van der Waals surface area contributed by atoms with Gasteiger partial charge in [-0.15, -0.1) is 0 Å². The second-order valence-electron chi connectivity index (χ2n) is 4.71. The van der Waals surface area contributed by atoms with Gasteiger partial charge in [0.2, 0.25) is 5.91 Å². The zero-order valence-corrected chi connectivity index (χ0v) is 11.2. The SMILES string of the molecule is NC(=NO)C1(C(=O)Nc2ccccc2Cl)CCCC1. The lowest BCUT2D eigenvalue weighted by Gasteiger charge is -2.26. The number of nitrogens with one attached hydrogen (secondary N) is 1. The molecule has 0 radical (unpaired) electrons. The number of hydrogen-bond acceptors (Lipinski definition) is 3. The molecule has 0 saturated heterocycles. The molecule has 0 heterocycles. The number of halogens is 1. The van der Waals surface area contributed by atoms with Gasteiger partial charge in [-0.25, -0.2) is 0 Å². The Morgan fingerprint density at radius 1 is 1.37 bits per heavy atom. The second kappa shape index (κ2) is 5.48. The molecule has 1 fully saturated rings. The highest BCUT2D eigenvalue weighted by Gasteiger charge is 2.45. The van der Waals surface area contributed by atoms with Crippen LogP contribution in [-0.4, -0.2) is 17.0 Å². The van der Waals surface area contributed by atoms with E-state index in [1.165, 1.54) is 0 Å². The lowest BCUT2D eigenvalue weighted by atomic mass is 9.83. The summed E-state index contributed by atoms with van der Waals surface area (Å²) in [6.07, 6.45) is 2.93. The molecule has 4 N–H and O–H groups in total. The van der Waals surface area contributed by atoms with Crippen molar-refractivity contribution in [2.75, 3.05) is 5.32 Å². The predicted octanol–water partition coefficient (Wildman–Crippen LogP) is 2.59. The minimum absolute atomic E-state index is 0.0328.